The number of aromatic nitrogens is 2. The molecule has 0 aliphatic heterocycles. The summed E-state index contributed by atoms with van der Waals surface area (Å²) in [5.74, 6) is 0.124. The summed E-state index contributed by atoms with van der Waals surface area (Å²) in [5, 5.41) is 3.53. The van der Waals surface area contributed by atoms with Gasteiger partial charge in [-0.25, -0.2) is 8.42 Å². The summed E-state index contributed by atoms with van der Waals surface area (Å²) in [6.45, 7) is 3.07. The molecule has 0 spiro atoms. The van der Waals surface area contributed by atoms with Crippen LogP contribution < -0.4 is 0 Å². The Morgan fingerprint density at radius 3 is 2.31 bits per heavy atom. The first-order valence-electron chi connectivity index (χ1n) is 3.44. The van der Waals surface area contributed by atoms with Gasteiger partial charge in [0.2, 0.25) is 9.72 Å². The molecule has 1 rings (SSSR count). The summed E-state index contributed by atoms with van der Waals surface area (Å²) in [7, 11) is -3.24. The van der Waals surface area contributed by atoms with Crippen LogP contribution in [0.1, 0.15) is 19.7 Å². The van der Waals surface area contributed by atoms with E-state index < -0.39 is 14.6 Å². The molecular weight excluding hydrogens is 307 g/mol. The van der Waals surface area contributed by atoms with Crippen LogP contribution in [0.25, 0.3) is 0 Å². The number of hydrogen-bond donors (Lipinski definition) is 0. The third-order valence-corrected chi connectivity index (χ3v) is 4.31. The Morgan fingerprint density at radius 2 is 2.00 bits per heavy atom. The zero-order valence-electron chi connectivity index (χ0n) is 7.41. The van der Waals surface area contributed by atoms with Gasteiger partial charge in [-0.1, -0.05) is 5.16 Å². The molecular formula is C6H9IN2O3S. The predicted molar refractivity (Wildman–Crippen MR) is 54.9 cm³/mol. The molecule has 0 bridgehead atoms. The maximum Gasteiger partial charge on any atom is 0.248 e. The van der Waals surface area contributed by atoms with E-state index in [4.69, 9.17) is 4.52 Å². The zero-order chi connectivity index (χ0) is 10.3. The van der Waals surface area contributed by atoms with Crippen molar-refractivity contribution in [2.45, 2.75) is 18.6 Å². The Labute approximate surface area is 90.0 Å². The molecule has 0 radical (unpaired) electrons. The molecule has 0 aliphatic carbocycles. The van der Waals surface area contributed by atoms with Crippen LogP contribution in [0, 0.1) is 3.83 Å². The first-order valence-corrected chi connectivity index (χ1v) is 6.41. The van der Waals surface area contributed by atoms with E-state index in [-0.39, 0.29) is 5.89 Å². The highest BCUT2D eigenvalue weighted by molar-refractivity contribution is 14.1. The SMILES string of the molecule is CC(C)(c1nc(I)no1)S(C)(=O)=O. The molecule has 0 saturated heterocycles. The average molecular weight is 316 g/mol. The lowest BCUT2D eigenvalue weighted by Gasteiger charge is -2.16. The van der Waals surface area contributed by atoms with Crippen LogP contribution in [0.3, 0.4) is 0 Å². The lowest BCUT2D eigenvalue weighted by Crippen LogP contribution is -2.28. The maximum atomic E-state index is 11.3. The number of rotatable bonds is 2. The van der Waals surface area contributed by atoms with Crippen molar-refractivity contribution in [2.75, 3.05) is 6.26 Å². The minimum atomic E-state index is -3.24. The number of sulfone groups is 1. The lowest BCUT2D eigenvalue weighted by atomic mass is 10.2. The van der Waals surface area contributed by atoms with Crippen molar-refractivity contribution in [1.82, 2.24) is 10.1 Å². The Bertz CT molecular complexity index is 409. The molecule has 13 heavy (non-hydrogen) atoms. The highest BCUT2D eigenvalue weighted by Gasteiger charge is 2.38. The smallest absolute Gasteiger partial charge is 0.248 e. The summed E-state index contributed by atoms with van der Waals surface area (Å²) in [4.78, 5) is 3.88. The average Bonchev–Trinajstić information content (AvgIpc) is 2.33. The van der Waals surface area contributed by atoms with Crippen LogP contribution >= 0.6 is 22.6 Å². The standard InChI is InChI=1S/C6H9IN2O3S/c1-6(2,13(3,10)11)4-8-5(7)9-12-4/h1-3H3. The van der Waals surface area contributed by atoms with Crippen molar-refractivity contribution >= 4 is 32.4 Å². The summed E-state index contributed by atoms with van der Waals surface area (Å²) in [6, 6.07) is 0. The molecule has 0 fully saturated rings. The predicted octanol–water partition coefficient (Wildman–Crippen LogP) is 0.954. The third kappa shape index (κ3) is 2.01. The van der Waals surface area contributed by atoms with Gasteiger partial charge in [0.25, 0.3) is 0 Å². The van der Waals surface area contributed by atoms with Crippen LogP contribution in [-0.2, 0) is 14.6 Å². The second-order valence-electron chi connectivity index (χ2n) is 3.15. The van der Waals surface area contributed by atoms with Gasteiger partial charge in [0.15, 0.2) is 9.84 Å². The zero-order valence-corrected chi connectivity index (χ0v) is 10.4. The number of halogens is 1. The molecule has 74 valence electrons. The van der Waals surface area contributed by atoms with Crippen LogP contribution in [0.5, 0.6) is 0 Å². The second kappa shape index (κ2) is 3.19. The van der Waals surface area contributed by atoms with Gasteiger partial charge < -0.3 is 4.52 Å². The van der Waals surface area contributed by atoms with Gasteiger partial charge >= 0.3 is 0 Å². The molecule has 5 nitrogen and oxygen atoms in total. The van der Waals surface area contributed by atoms with Crippen LogP contribution in [0.15, 0.2) is 4.52 Å². The van der Waals surface area contributed by atoms with E-state index in [9.17, 15) is 8.42 Å². The fourth-order valence-corrected chi connectivity index (χ4v) is 1.33. The van der Waals surface area contributed by atoms with E-state index in [2.05, 4.69) is 10.1 Å². The number of nitrogens with zero attached hydrogens (tertiary/aromatic N) is 2. The Kier molecular flexibility index (Phi) is 2.68. The van der Waals surface area contributed by atoms with Crippen molar-refractivity contribution < 1.29 is 12.9 Å². The summed E-state index contributed by atoms with van der Waals surface area (Å²) >= 11 is 1.86. The van der Waals surface area contributed by atoms with E-state index in [1.165, 1.54) is 13.8 Å². The Balaban J connectivity index is 3.23. The topological polar surface area (TPSA) is 73.1 Å². The van der Waals surface area contributed by atoms with E-state index in [0.29, 0.717) is 3.83 Å². The summed E-state index contributed by atoms with van der Waals surface area (Å²) in [5.41, 5.74) is 0. The molecule has 1 heterocycles. The van der Waals surface area contributed by atoms with Crippen molar-refractivity contribution in [1.29, 1.82) is 0 Å². The molecule has 0 amide bonds. The molecule has 0 aliphatic rings. The molecule has 0 atom stereocenters. The van der Waals surface area contributed by atoms with Gasteiger partial charge in [0.1, 0.15) is 4.75 Å². The van der Waals surface area contributed by atoms with Crippen molar-refractivity contribution in [3.05, 3.63) is 9.72 Å². The molecule has 1 aromatic heterocycles. The van der Waals surface area contributed by atoms with E-state index in [0.717, 1.165) is 6.26 Å². The Hall–Kier alpha value is -0.180. The van der Waals surface area contributed by atoms with E-state index in [1.807, 2.05) is 22.6 Å². The first-order chi connectivity index (χ1) is 5.75. The van der Waals surface area contributed by atoms with Gasteiger partial charge in [-0.05, 0) is 13.8 Å². The van der Waals surface area contributed by atoms with Gasteiger partial charge in [0, 0.05) is 28.8 Å². The highest BCUT2D eigenvalue weighted by Crippen LogP contribution is 2.27. The molecule has 1 aromatic rings. The molecule has 7 heteroatoms. The van der Waals surface area contributed by atoms with Crippen molar-refractivity contribution in [3.8, 4) is 0 Å². The lowest BCUT2D eigenvalue weighted by molar-refractivity contribution is 0.345. The quantitative estimate of drug-likeness (QED) is 0.760. The molecule has 0 aromatic carbocycles. The van der Waals surface area contributed by atoms with Crippen molar-refractivity contribution in [3.63, 3.8) is 0 Å². The Morgan fingerprint density at radius 1 is 1.46 bits per heavy atom. The molecule has 0 saturated carbocycles. The van der Waals surface area contributed by atoms with Gasteiger partial charge in [-0.3, -0.25) is 0 Å². The minimum absolute atomic E-state index is 0.124. The van der Waals surface area contributed by atoms with Crippen LogP contribution in [-0.4, -0.2) is 24.8 Å². The van der Waals surface area contributed by atoms with Crippen LogP contribution in [0.2, 0.25) is 0 Å². The van der Waals surface area contributed by atoms with Crippen molar-refractivity contribution in [2.24, 2.45) is 0 Å². The summed E-state index contributed by atoms with van der Waals surface area (Å²) < 4.78 is 26.8. The molecule has 0 N–H and O–H groups in total. The van der Waals surface area contributed by atoms with Gasteiger partial charge in [-0.15, -0.1) is 0 Å². The van der Waals surface area contributed by atoms with Crippen LogP contribution in [0.4, 0.5) is 0 Å². The third-order valence-electron chi connectivity index (χ3n) is 1.84. The summed E-state index contributed by atoms with van der Waals surface area (Å²) in [6.07, 6.45) is 1.14. The van der Waals surface area contributed by atoms with Gasteiger partial charge in [0.05, 0.1) is 0 Å². The second-order valence-corrected chi connectivity index (χ2v) is 6.68. The molecule has 0 unspecified atom stereocenters. The maximum absolute atomic E-state index is 11.3. The monoisotopic (exact) mass is 316 g/mol. The highest BCUT2D eigenvalue weighted by atomic mass is 127. The van der Waals surface area contributed by atoms with E-state index in [1.54, 1.807) is 0 Å². The number of hydrogen-bond acceptors (Lipinski definition) is 5. The first kappa shape index (κ1) is 10.9. The largest absolute Gasteiger partial charge is 0.337 e. The van der Waals surface area contributed by atoms with Gasteiger partial charge in [-0.2, -0.15) is 4.98 Å². The fraction of sp³-hybridized carbons (Fsp3) is 0.667. The fourth-order valence-electron chi connectivity index (χ4n) is 0.609. The van der Waals surface area contributed by atoms with E-state index >= 15 is 0 Å². The normalized spacial score (nSPS) is 13.2. The minimum Gasteiger partial charge on any atom is -0.337 e.